The molecule has 4 rings (SSSR count). The predicted molar refractivity (Wildman–Crippen MR) is 115 cm³/mol. The zero-order valence-electron chi connectivity index (χ0n) is 17.2. The van der Waals surface area contributed by atoms with Crippen molar-refractivity contribution in [2.45, 2.75) is 19.4 Å². The summed E-state index contributed by atoms with van der Waals surface area (Å²) >= 11 is 0. The van der Waals surface area contributed by atoms with Gasteiger partial charge in [0.1, 0.15) is 0 Å². The lowest BCUT2D eigenvalue weighted by atomic mass is 10.1. The fourth-order valence-electron chi connectivity index (χ4n) is 4.12. The van der Waals surface area contributed by atoms with Crippen molar-refractivity contribution in [2.24, 2.45) is 0 Å². The number of carbonyl (C=O) groups excluding carboxylic acids is 3. The normalized spacial score (nSPS) is 19.7. The van der Waals surface area contributed by atoms with Crippen LogP contribution in [-0.4, -0.2) is 65.8 Å². The number of ketones is 1. The lowest BCUT2D eigenvalue weighted by Gasteiger charge is -2.38. The third-order valence-electron chi connectivity index (χ3n) is 5.89. The van der Waals surface area contributed by atoms with E-state index in [9.17, 15) is 19.2 Å². The zero-order valence-corrected chi connectivity index (χ0v) is 17.2. The molecule has 1 unspecified atom stereocenters. The van der Waals surface area contributed by atoms with E-state index in [0.29, 0.717) is 37.4 Å². The topological polar surface area (TPSA) is 98.2 Å². The van der Waals surface area contributed by atoms with Crippen molar-refractivity contribution in [3.63, 3.8) is 0 Å². The van der Waals surface area contributed by atoms with Crippen LogP contribution in [0.4, 0.5) is 11.4 Å². The van der Waals surface area contributed by atoms with Crippen LogP contribution in [0.5, 0.6) is 0 Å². The molecule has 160 valence electrons. The van der Waals surface area contributed by atoms with Crippen molar-refractivity contribution >= 4 is 34.9 Å². The first-order chi connectivity index (χ1) is 14.8. The number of piperazine rings is 1. The average molecular weight is 421 g/mol. The molecule has 2 aromatic carbocycles. The molecule has 2 aromatic rings. The van der Waals surface area contributed by atoms with Gasteiger partial charge in [-0.2, -0.15) is 0 Å². The molecular weight excluding hydrogens is 398 g/mol. The molecule has 2 aliphatic rings. The lowest BCUT2D eigenvalue weighted by molar-refractivity contribution is -0.123. The summed E-state index contributed by atoms with van der Waals surface area (Å²) < 4.78 is 0. The Morgan fingerprint density at radius 3 is 1.94 bits per heavy atom. The van der Waals surface area contributed by atoms with E-state index in [-0.39, 0.29) is 29.6 Å². The fourth-order valence-corrected chi connectivity index (χ4v) is 4.12. The van der Waals surface area contributed by atoms with Crippen molar-refractivity contribution in [3.05, 3.63) is 59.7 Å². The van der Waals surface area contributed by atoms with Gasteiger partial charge in [0.15, 0.2) is 5.78 Å². The number of carboxylic acids is 1. The Morgan fingerprint density at radius 2 is 1.39 bits per heavy atom. The van der Waals surface area contributed by atoms with Gasteiger partial charge in [-0.1, -0.05) is 0 Å². The minimum Gasteiger partial charge on any atom is -0.478 e. The first-order valence-electron chi connectivity index (χ1n) is 10.2. The first kappa shape index (κ1) is 20.7. The third-order valence-corrected chi connectivity index (χ3v) is 5.89. The molecule has 8 heteroatoms. The molecule has 2 aliphatic heterocycles. The second kappa shape index (κ2) is 8.31. The minimum atomic E-state index is -1.06. The number of imide groups is 1. The van der Waals surface area contributed by atoms with Crippen LogP contribution < -0.4 is 9.80 Å². The summed E-state index contributed by atoms with van der Waals surface area (Å²) in [4.78, 5) is 53.4. The highest BCUT2D eigenvalue weighted by Crippen LogP contribution is 2.27. The van der Waals surface area contributed by atoms with Gasteiger partial charge in [-0.05, 0) is 55.5 Å². The number of nitrogens with zero attached hydrogens (tertiary/aromatic N) is 3. The van der Waals surface area contributed by atoms with Crippen LogP contribution in [0.15, 0.2) is 48.5 Å². The number of Topliss-reactive ketones (excluding diaryl/α,β-unsaturated/α-hetero) is 1. The first-order valence-corrected chi connectivity index (χ1v) is 10.2. The number of aromatic carboxylic acids is 1. The average Bonchev–Trinajstić information content (AvgIpc) is 3.08. The SMILES string of the molecule is CC(=O)c1ccc(N2CCN(C3CC(=O)N(c4ccc(C(=O)O)cc4)C3=O)CC2)cc1. The number of carboxylic acid groups (broad SMARTS) is 1. The van der Waals surface area contributed by atoms with Gasteiger partial charge in [-0.3, -0.25) is 19.3 Å². The Morgan fingerprint density at radius 1 is 0.839 bits per heavy atom. The Hall–Kier alpha value is -3.52. The van der Waals surface area contributed by atoms with Gasteiger partial charge in [-0.25, -0.2) is 9.69 Å². The van der Waals surface area contributed by atoms with Gasteiger partial charge in [0, 0.05) is 37.4 Å². The summed E-state index contributed by atoms with van der Waals surface area (Å²) in [5, 5.41) is 9.03. The van der Waals surface area contributed by atoms with Gasteiger partial charge in [0.05, 0.1) is 23.7 Å². The molecule has 31 heavy (non-hydrogen) atoms. The maximum atomic E-state index is 13.0. The zero-order chi connectivity index (χ0) is 22.1. The summed E-state index contributed by atoms with van der Waals surface area (Å²) in [5.74, 6) is -1.58. The number of carbonyl (C=O) groups is 4. The summed E-state index contributed by atoms with van der Waals surface area (Å²) in [6.07, 6.45) is 0.118. The largest absolute Gasteiger partial charge is 0.478 e. The second-order valence-electron chi connectivity index (χ2n) is 7.77. The number of hydrogen-bond acceptors (Lipinski definition) is 6. The highest BCUT2D eigenvalue weighted by atomic mass is 16.4. The minimum absolute atomic E-state index is 0.0305. The van der Waals surface area contributed by atoms with Crippen molar-refractivity contribution in [3.8, 4) is 0 Å². The molecule has 0 radical (unpaired) electrons. The molecule has 2 fully saturated rings. The molecule has 0 aromatic heterocycles. The van der Waals surface area contributed by atoms with E-state index in [4.69, 9.17) is 5.11 Å². The van der Waals surface area contributed by atoms with Crippen molar-refractivity contribution in [1.82, 2.24) is 4.90 Å². The summed E-state index contributed by atoms with van der Waals surface area (Å²) in [5.41, 5.74) is 2.20. The molecular formula is C23H23N3O5. The maximum absolute atomic E-state index is 13.0. The summed E-state index contributed by atoms with van der Waals surface area (Å²) in [7, 11) is 0. The molecule has 8 nitrogen and oxygen atoms in total. The third kappa shape index (κ3) is 4.06. The molecule has 1 atom stereocenters. The van der Waals surface area contributed by atoms with E-state index in [1.54, 1.807) is 0 Å². The quantitative estimate of drug-likeness (QED) is 0.583. The van der Waals surface area contributed by atoms with Gasteiger partial charge < -0.3 is 10.0 Å². The van der Waals surface area contributed by atoms with Crippen LogP contribution in [-0.2, 0) is 9.59 Å². The van der Waals surface area contributed by atoms with Crippen LogP contribution >= 0.6 is 0 Å². The Bertz CT molecular complexity index is 1020. The van der Waals surface area contributed by atoms with E-state index in [1.165, 1.54) is 31.2 Å². The number of rotatable bonds is 5. The van der Waals surface area contributed by atoms with Gasteiger partial charge in [0.25, 0.3) is 5.91 Å². The van der Waals surface area contributed by atoms with E-state index in [0.717, 1.165) is 10.6 Å². The maximum Gasteiger partial charge on any atom is 0.335 e. The molecule has 0 bridgehead atoms. The number of amides is 2. The monoisotopic (exact) mass is 421 g/mol. The molecule has 2 saturated heterocycles. The van der Waals surface area contributed by atoms with Crippen LogP contribution in [0.25, 0.3) is 0 Å². The van der Waals surface area contributed by atoms with Crippen LogP contribution in [0, 0.1) is 0 Å². The van der Waals surface area contributed by atoms with E-state index in [1.807, 2.05) is 29.2 Å². The lowest BCUT2D eigenvalue weighted by Crippen LogP contribution is -2.52. The highest BCUT2D eigenvalue weighted by Gasteiger charge is 2.43. The van der Waals surface area contributed by atoms with Crippen molar-refractivity contribution < 1.29 is 24.3 Å². The summed E-state index contributed by atoms with van der Waals surface area (Å²) in [6, 6.07) is 12.7. The van der Waals surface area contributed by atoms with Crippen molar-refractivity contribution in [2.75, 3.05) is 36.0 Å². The molecule has 2 heterocycles. The Kier molecular flexibility index (Phi) is 5.56. The van der Waals surface area contributed by atoms with Crippen molar-refractivity contribution in [1.29, 1.82) is 0 Å². The Balaban J connectivity index is 1.41. The molecule has 0 spiro atoms. The van der Waals surface area contributed by atoms with Gasteiger partial charge >= 0.3 is 5.97 Å². The van der Waals surface area contributed by atoms with Crippen LogP contribution in [0.2, 0.25) is 0 Å². The molecule has 0 aliphatic carbocycles. The van der Waals surface area contributed by atoms with Gasteiger partial charge in [0.2, 0.25) is 5.91 Å². The molecule has 1 N–H and O–H groups in total. The smallest absolute Gasteiger partial charge is 0.335 e. The van der Waals surface area contributed by atoms with Crippen LogP contribution in [0.1, 0.15) is 34.1 Å². The number of benzene rings is 2. The Labute approximate surface area is 179 Å². The van der Waals surface area contributed by atoms with Crippen LogP contribution in [0.3, 0.4) is 0 Å². The second-order valence-corrected chi connectivity index (χ2v) is 7.77. The fraction of sp³-hybridized carbons (Fsp3) is 0.304. The van der Waals surface area contributed by atoms with Gasteiger partial charge in [-0.15, -0.1) is 0 Å². The molecule has 0 saturated carbocycles. The highest BCUT2D eigenvalue weighted by molar-refractivity contribution is 6.22. The number of hydrogen-bond donors (Lipinski definition) is 1. The van der Waals surface area contributed by atoms with E-state index < -0.39 is 12.0 Å². The number of anilines is 2. The standard InChI is InChI=1S/C23H23N3O5/c1-15(27)16-2-6-18(7-3-16)24-10-12-25(13-11-24)20-14-21(28)26(22(20)29)19-8-4-17(5-9-19)23(30)31/h2-9,20H,10-14H2,1H3,(H,30,31). The molecule has 2 amide bonds. The van der Waals surface area contributed by atoms with E-state index >= 15 is 0 Å². The van der Waals surface area contributed by atoms with E-state index in [2.05, 4.69) is 4.90 Å². The summed E-state index contributed by atoms with van der Waals surface area (Å²) in [6.45, 7) is 4.25. The predicted octanol–water partition coefficient (Wildman–Crippen LogP) is 2.04.